The van der Waals surface area contributed by atoms with Crippen LogP contribution in [0.1, 0.15) is 15.9 Å². The Labute approximate surface area is 80.6 Å². The molecule has 0 saturated carbocycles. The van der Waals surface area contributed by atoms with E-state index in [0.717, 1.165) is 0 Å². The number of carbonyl (C=O) groups excluding carboxylic acids is 1. The topological polar surface area (TPSA) is 17.1 Å². The first-order valence-corrected chi connectivity index (χ1v) is 4.01. The molecule has 1 nitrogen and oxygen atoms in total. The molecule has 0 saturated heterocycles. The highest BCUT2D eigenvalue weighted by atomic mass is 35.5. The average Bonchev–Trinajstić information content (AvgIpc) is 2.04. The Kier molecular flexibility index (Phi) is 2.90. The fourth-order valence-electron chi connectivity index (χ4n) is 0.810. The van der Waals surface area contributed by atoms with Gasteiger partial charge in [0, 0.05) is 10.6 Å². The molecule has 0 N–H and O–H groups in total. The third-order valence-electron chi connectivity index (χ3n) is 1.40. The van der Waals surface area contributed by atoms with Gasteiger partial charge >= 0.3 is 0 Å². The molecule has 0 bridgehead atoms. The number of hydrogen-bond donors (Lipinski definition) is 0. The molecule has 0 radical (unpaired) electrons. The lowest BCUT2D eigenvalue weighted by Crippen LogP contribution is -1.88. The Balaban J connectivity index is 3.12. The number of hydrogen-bond acceptors (Lipinski definition) is 1. The molecule has 0 spiro atoms. The van der Waals surface area contributed by atoms with Crippen molar-refractivity contribution in [3.05, 3.63) is 42.0 Å². The minimum absolute atomic E-state index is 0.398. The van der Waals surface area contributed by atoms with Gasteiger partial charge in [-0.15, -0.1) is 0 Å². The van der Waals surface area contributed by atoms with Gasteiger partial charge in [0.05, 0.1) is 0 Å². The molecular formula is C9H6Cl2O. The predicted molar refractivity (Wildman–Crippen MR) is 51.5 cm³/mol. The zero-order chi connectivity index (χ0) is 9.14. The second-order valence-corrected chi connectivity index (χ2v) is 3.06. The van der Waals surface area contributed by atoms with Crippen LogP contribution in [-0.4, -0.2) is 5.24 Å². The van der Waals surface area contributed by atoms with E-state index in [4.69, 9.17) is 23.2 Å². The van der Waals surface area contributed by atoms with Gasteiger partial charge in [0.25, 0.3) is 5.24 Å². The third kappa shape index (κ3) is 2.10. The fraction of sp³-hybridized carbons (Fsp3) is 0. The van der Waals surface area contributed by atoms with Crippen LogP contribution in [0.2, 0.25) is 0 Å². The summed E-state index contributed by atoms with van der Waals surface area (Å²) in [5.41, 5.74) is 1.14. The molecule has 0 aliphatic carbocycles. The van der Waals surface area contributed by atoms with Crippen LogP contribution in [0.15, 0.2) is 30.8 Å². The summed E-state index contributed by atoms with van der Waals surface area (Å²) >= 11 is 10.9. The van der Waals surface area contributed by atoms with Crippen molar-refractivity contribution in [1.82, 2.24) is 0 Å². The molecule has 1 aromatic carbocycles. The van der Waals surface area contributed by atoms with Crippen molar-refractivity contribution < 1.29 is 4.79 Å². The maximum Gasteiger partial charge on any atom is 0.252 e. The molecule has 1 rings (SSSR count). The van der Waals surface area contributed by atoms with E-state index in [0.29, 0.717) is 16.2 Å². The molecule has 0 heterocycles. The molecule has 0 amide bonds. The average molecular weight is 201 g/mol. The van der Waals surface area contributed by atoms with E-state index in [1.165, 1.54) is 0 Å². The summed E-state index contributed by atoms with van der Waals surface area (Å²) in [7, 11) is 0. The van der Waals surface area contributed by atoms with Crippen molar-refractivity contribution in [2.75, 3.05) is 0 Å². The van der Waals surface area contributed by atoms with Gasteiger partial charge in [-0.2, -0.15) is 0 Å². The number of benzene rings is 1. The van der Waals surface area contributed by atoms with Gasteiger partial charge in [0.15, 0.2) is 0 Å². The minimum atomic E-state index is -0.491. The van der Waals surface area contributed by atoms with Crippen LogP contribution in [0.5, 0.6) is 0 Å². The summed E-state index contributed by atoms with van der Waals surface area (Å²) in [6.45, 7) is 3.54. The highest BCUT2D eigenvalue weighted by Crippen LogP contribution is 2.18. The predicted octanol–water partition coefficient (Wildman–Crippen LogP) is 3.28. The molecule has 0 fully saturated rings. The van der Waals surface area contributed by atoms with Crippen LogP contribution in [0.4, 0.5) is 0 Å². The summed E-state index contributed by atoms with van der Waals surface area (Å²) in [6, 6.07) is 6.69. The lowest BCUT2D eigenvalue weighted by molar-refractivity contribution is 0.108. The van der Waals surface area contributed by atoms with E-state index in [2.05, 4.69) is 6.58 Å². The lowest BCUT2D eigenvalue weighted by atomic mass is 10.1. The van der Waals surface area contributed by atoms with Crippen molar-refractivity contribution in [2.45, 2.75) is 0 Å². The van der Waals surface area contributed by atoms with E-state index in [1.807, 2.05) is 0 Å². The van der Waals surface area contributed by atoms with E-state index in [9.17, 15) is 4.79 Å². The third-order valence-corrected chi connectivity index (χ3v) is 1.84. The monoisotopic (exact) mass is 200 g/mol. The van der Waals surface area contributed by atoms with Crippen LogP contribution < -0.4 is 0 Å². The lowest BCUT2D eigenvalue weighted by Gasteiger charge is -1.98. The van der Waals surface area contributed by atoms with Gasteiger partial charge in [0.1, 0.15) is 0 Å². The first kappa shape index (κ1) is 9.30. The van der Waals surface area contributed by atoms with Crippen LogP contribution in [0.3, 0.4) is 0 Å². The Morgan fingerprint density at radius 2 is 1.83 bits per heavy atom. The van der Waals surface area contributed by atoms with Gasteiger partial charge in [-0.25, -0.2) is 0 Å². The van der Waals surface area contributed by atoms with Crippen LogP contribution in [0, 0.1) is 0 Å². The van der Waals surface area contributed by atoms with Gasteiger partial charge in [-0.05, 0) is 23.2 Å². The Morgan fingerprint density at radius 3 is 2.33 bits per heavy atom. The van der Waals surface area contributed by atoms with E-state index in [1.54, 1.807) is 24.3 Å². The number of halogens is 2. The summed E-state index contributed by atoms with van der Waals surface area (Å²) in [4.78, 5) is 10.7. The SMILES string of the molecule is C=C(Cl)c1cccc(C(=O)Cl)c1. The highest BCUT2D eigenvalue weighted by molar-refractivity contribution is 6.67. The van der Waals surface area contributed by atoms with Crippen molar-refractivity contribution in [1.29, 1.82) is 0 Å². The first-order chi connectivity index (χ1) is 5.61. The molecule has 12 heavy (non-hydrogen) atoms. The molecular weight excluding hydrogens is 195 g/mol. The van der Waals surface area contributed by atoms with Crippen molar-refractivity contribution >= 4 is 33.5 Å². The Hall–Kier alpha value is -0.790. The molecule has 1 aromatic rings. The molecule has 3 heteroatoms. The normalized spacial score (nSPS) is 9.50. The molecule has 0 unspecified atom stereocenters. The van der Waals surface area contributed by atoms with Crippen LogP contribution in [0.25, 0.3) is 5.03 Å². The van der Waals surface area contributed by atoms with E-state index >= 15 is 0 Å². The van der Waals surface area contributed by atoms with Crippen molar-refractivity contribution in [2.24, 2.45) is 0 Å². The van der Waals surface area contributed by atoms with Gasteiger partial charge in [-0.1, -0.05) is 36.4 Å². The fourth-order valence-corrected chi connectivity index (χ4v) is 1.05. The van der Waals surface area contributed by atoms with Crippen molar-refractivity contribution in [3.8, 4) is 0 Å². The second kappa shape index (κ2) is 3.74. The standard InChI is InChI=1S/C9H6Cl2O/c1-6(10)7-3-2-4-8(5-7)9(11)12/h2-5H,1H2. The molecule has 0 aliphatic heterocycles. The quantitative estimate of drug-likeness (QED) is 0.671. The van der Waals surface area contributed by atoms with Crippen molar-refractivity contribution in [3.63, 3.8) is 0 Å². The minimum Gasteiger partial charge on any atom is -0.276 e. The van der Waals surface area contributed by atoms with Gasteiger partial charge < -0.3 is 0 Å². The van der Waals surface area contributed by atoms with Crippen LogP contribution >= 0.6 is 23.2 Å². The molecule has 0 aliphatic rings. The molecule has 0 aromatic heterocycles. The zero-order valence-electron chi connectivity index (χ0n) is 6.18. The smallest absolute Gasteiger partial charge is 0.252 e. The first-order valence-electron chi connectivity index (χ1n) is 3.26. The largest absolute Gasteiger partial charge is 0.276 e. The van der Waals surface area contributed by atoms with Gasteiger partial charge in [0.2, 0.25) is 0 Å². The maximum atomic E-state index is 10.7. The summed E-state index contributed by atoms with van der Waals surface area (Å²) in [5, 5.41) is -0.0930. The van der Waals surface area contributed by atoms with Gasteiger partial charge in [-0.3, -0.25) is 4.79 Å². The Morgan fingerprint density at radius 1 is 1.25 bits per heavy atom. The zero-order valence-corrected chi connectivity index (χ0v) is 7.69. The summed E-state index contributed by atoms with van der Waals surface area (Å²) in [6.07, 6.45) is 0. The van der Waals surface area contributed by atoms with E-state index in [-0.39, 0.29) is 0 Å². The van der Waals surface area contributed by atoms with E-state index < -0.39 is 5.24 Å². The molecule has 62 valence electrons. The summed E-state index contributed by atoms with van der Waals surface area (Å²) < 4.78 is 0. The Bertz CT molecular complexity index is 302. The molecule has 0 atom stereocenters. The summed E-state index contributed by atoms with van der Waals surface area (Å²) in [5.74, 6) is 0. The van der Waals surface area contributed by atoms with Crippen LogP contribution in [-0.2, 0) is 0 Å². The maximum absolute atomic E-state index is 10.7. The number of carbonyl (C=O) groups is 1. The number of rotatable bonds is 2. The highest BCUT2D eigenvalue weighted by Gasteiger charge is 2.02. The second-order valence-electron chi connectivity index (χ2n) is 2.26.